The Balaban J connectivity index is 1.87. The molecular weight excluding hydrogens is 294 g/mol. The zero-order valence-corrected chi connectivity index (χ0v) is 13.1. The second-order valence-corrected chi connectivity index (χ2v) is 5.97. The van der Waals surface area contributed by atoms with Crippen LogP contribution in [0.2, 0.25) is 0 Å². The lowest BCUT2D eigenvalue weighted by molar-refractivity contribution is 0.857. The van der Waals surface area contributed by atoms with Crippen LogP contribution in [-0.4, -0.2) is 14.5 Å². The van der Waals surface area contributed by atoms with Crippen molar-refractivity contribution in [2.75, 3.05) is 0 Å². The fourth-order valence-corrected chi connectivity index (χ4v) is 3.31. The van der Waals surface area contributed by atoms with E-state index in [-0.39, 0.29) is 0 Å². The molecule has 0 aliphatic rings. The number of benzene rings is 3. The van der Waals surface area contributed by atoms with Gasteiger partial charge in [-0.15, -0.1) is 0 Å². The van der Waals surface area contributed by atoms with Crippen molar-refractivity contribution in [2.24, 2.45) is 0 Å². The third-order valence-corrected chi connectivity index (χ3v) is 4.44. The normalized spacial score (nSPS) is 11.5. The van der Waals surface area contributed by atoms with Gasteiger partial charge in [0.2, 0.25) is 0 Å². The highest BCUT2D eigenvalue weighted by Crippen LogP contribution is 2.28. The summed E-state index contributed by atoms with van der Waals surface area (Å²) in [4.78, 5) is 9.80. The highest BCUT2D eigenvalue weighted by atomic mass is 15.1. The number of aromatic nitrogens is 3. The minimum absolute atomic E-state index is 0.790. The second kappa shape index (κ2) is 5.17. The van der Waals surface area contributed by atoms with Crippen LogP contribution in [0.15, 0.2) is 78.9 Å². The predicted octanol–water partition coefficient (Wildman–Crippen LogP) is 4.79. The molecule has 0 atom stereocenters. The van der Waals surface area contributed by atoms with E-state index in [1.165, 1.54) is 11.1 Å². The van der Waals surface area contributed by atoms with Crippen LogP contribution < -0.4 is 0 Å². The zero-order chi connectivity index (χ0) is 15.9. The Labute approximate surface area is 139 Å². The van der Waals surface area contributed by atoms with Crippen molar-refractivity contribution in [1.29, 1.82) is 0 Å². The van der Waals surface area contributed by atoms with Gasteiger partial charge in [-0.25, -0.2) is 9.97 Å². The summed E-state index contributed by atoms with van der Waals surface area (Å²) in [5.41, 5.74) is 6.22. The molecule has 0 aliphatic carbocycles. The summed E-state index contributed by atoms with van der Waals surface area (Å²) in [6, 6.07) is 26.9. The van der Waals surface area contributed by atoms with Crippen LogP contribution in [0, 0.1) is 0 Å². The van der Waals surface area contributed by atoms with E-state index in [9.17, 15) is 0 Å². The molecule has 0 saturated carbocycles. The van der Waals surface area contributed by atoms with Gasteiger partial charge in [0.25, 0.3) is 0 Å². The first-order valence-corrected chi connectivity index (χ1v) is 8.08. The summed E-state index contributed by atoms with van der Waals surface area (Å²) >= 11 is 0. The Morgan fingerprint density at radius 3 is 2.17 bits per heavy atom. The molecule has 3 heteroatoms. The van der Waals surface area contributed by atoms with Crippen molar-refractivity contribution >= 4 is 33.1 Å². The Bertz CT molecular complexity index is 1170. The molecule has 0 aliphatic heterocycles. The summed E-state index contributed by atoms with van der Waals surface area (Å²) in [5, 5.41) is 1.15. The van der Waals surface area contributed by atoms with Crippen LogP contribution in [-0.2, 0) is 6.54 Å². The molecule has 3 aromatic carbocycles. The molecule has 114 valence electrons. The summed E-state index contributed by atoms with van der Waals surface area (Å²) in [6.07, 6.45) is 0. The van der Waals surface area contributed by atoms with Crippen LogP contribution in [0.5, 0.6) is 0 Å². The molecule has 3 nitrogen and oxygen atoms in total. The van der Waals surface area contributed by atoms with Gasteiger partial charge in [0.05, 0.1) is 16.6 Å². The van der Waals surface area contributed by atoms with Crippen molar-refractivity contribution in [3.05, 3.63) is 84.4 Å². The lowest BCUT2D eigenvalue weighted by Gasteiger charge is -2.07. The number of hydrogen-bond donors (Lipinski definition) is 0. The first kappa shape index (κ1) is 13.3. The molecule has 5 aromatic rings. The average Bonchev–Trinajstić information content (AvgIpc) is 2.94. The SMILES string of the molecule is c1ccc(Cn2c3ccccc3c3nc4ccccc4nc32)cc1. The van der Waals surface area contributed by atoms with E-state index in [4.69, 9.17) is 9.97 Å². The van der Waals surface area contributed by atoms with Gasteiger partial charge in [-0.2, -0.15) is 0 Å². The Hall–Kier alpha value is -3.20. The van der Waals surface area contributed by atoms with E-state index in [2.05, 4.69) is 53.1 Å². The largest absolute Gasteiger partial charge is 0.319 e. The topological polar surface area (TPSA) is 30.7 Å². The molecule has 0 bridgehead atoms. The standard InChI is InChI=1S/C21H15N3/c1-2-8-15(9-3-1)14-24-19-13-7-4-10-16(19)20-21(24)23-18-12-6-5-11-17(18)22-20/h1-13H,14H2. The van der Waals surface area contributed by atoms with Gasteiger partial charge in [-0.05, 0) is 23.8 Å². The van der Waals surface area contributed by atoms with Crippen molar-refractivity contribution in [3.8, 4) is 0 Å². The van der Waals surface area contributed by atoms with Gasteiger partial charge in [-0.1, -0.05) is 60.7 Å². The van der Waals surface area contributed by atoms with Crippen molar-refractivity contribution < 1.29 is 0 Å². The van der Waals surface area contributed by atoms with Gasteiger partial charge in [0, 0.05) is 11.9 Å². The van der Waals surface area contributed by atoms with Crippen molar-refractivity contribution in [1.82, 2.24) is 14.5 Å². The van der Waals surface area contributed by atoms with Crippen LogP contribution in [0.4, 0.5) is 0 Å². The van der Waals surface area contributed by atoms with Crippen molar-refractivity contribution in [3.63, 3.8) is 0 Å². The molecule has 5 rings (SSSR count). The van der Waals surface area contributed by atoms with E-state index >= 15 is 0 Å². The fourth-order valence-electron chi connectivity index (χ4n) is 3.31. The van der Waals surface area contributed by atoms with Crippen molar-refractivity contribution in [2.45, 2.75) is 6.54 Å². The van der Waals surface area contributed by atoms with Gasteiger partial charge < -0.3 is 4.57 Å². The lowest BCUT2D eigenvalue weighted by atomic mass is 10.2. The van der Waals surface area contributed by atoms with Crippen LogP contribution >= 0.6 is 0 Å². The number of hydrogen-bond acceptors (Lipinski definition) is 2. The average molecular weight is 309 g/mol. The Kier molecular flexibility index (Phi) is 2.85. The van der Waals surface area contributed by atoms with Gasteiger partial charge >= 0.3 is 0 Å². The summed E-state index contributed by atoms with van der Waals surface area (Å²) in [7, 11) is 0. The molecule has 2 heterocycles. The zero-order valence-electron chi connectivity index (χ0n) is 13.1. The monoisotopic (exact) mass is 309 g/mol. The molecular formula is C21H15N3. The molecule has 0 unspecified atom stereocenters. The van der Waals surface area contributed by atoms with Crippen LogP contribution in [0.25, 0.3) is 33.1 Å². The fraction of sp³-hybridized carbons (Fsp3) is 0.0476. The molecule has 0 fully saturated rings. The minimum Gasteiger partial charge on any atom is -0.319 e. The smallest absolute Gasteiger partial charge is 0.160 e. The lowest BCUT2D eigenvalue weighted by Crippen LogP contribution is -2.00. The summed E-state index contributed by atoms with van der Waals surface area (Å²) in [6.45, 7) is 0.790. The maximum absolute atomic E-state index is 4.91. The molecule has 2 aromatic heterocycles. The van der Waals surface area contributed by atoms with Crippen LogP contribution in [0.1, 0.15) is 5.56 Å². The summed E-state index contributed by atoms with van der Waals surface area (Å²) < 4.78 is 2.26. The quantitative estimate of drug-likeness (QED) is 0.469. The first-order valence-electron chi connectivity index (χ1n) is 8.08. The van der Waals surface area contributed by atoms with E-state index in [1.807, 2.05) is 30.3 Å². The second-order valence-electron chi connectivity index (χ2n) is 5.97. The minimum atomic E-state index is 0.790. The maximum atomic E-state index is 4.91. The Morgan fingerprint density at radius 2 is 1.33 bits per heavy atom. The Morgan fingerprint density at radius 1 is 0.667 bits per heavy atom. The number of nitrogens with zero attached hydrogens (tertiary/aromatic N) is 3. The van der Waals surface area contributed by atoms with E-state index in [1.54, 1.807) is 0 Å². The summed E-state index contributed by atoms with van der Waals surface area (Å²) in [5.74, 6) is 0. The van der Waals surface area contributed by atoms with Gasteiger partial charge in [0.15, 0.2) is 5.65 Å². The molecule has 24 heavy (non-hydrogen) atoms. The highest BCUT2D eigenvalue weighted by Gasteiger charge is 2.14. The van der Waals surface area contributed by atoms with Gasteiger partial charge in [-0.3, -0.25) is 0 Å². The number of fused-ring (bicyclic) bond motifs is 4. The number of para-hydroxylation sites is 3. The maximum Gasteiger partial charge on any atom is 0.160 e. The van der Waals surface area contributed by atoms with E-state index < -0.39 is 0 Å². The third-order valence-electron chi connectivity index (χ3n) is 4.44. The highest BCUT2D eigenvalue weighted by molar-refractivity contribution is 6.06. The van der Waals surface area contributed by atoms with Crippen LogP contribution in [0.3, 0.4) is 0 Å². The van der Waals surface area contributed by atoms with E-state index in [0.29, 0.717) is 0 Å². The molecule has 0 saturated heterocycles. The number of rotatable bonds is 2. The first-order chi connectivity index (χ1) is 11.9. The van der Waals surface area contributed by atoms with Gasteiger partial charge in [0.1, 0.15) is 5.52 Å². The molecule has 0 N–H and O–H groups in total. The molecule has 0 amide bonds. The predicted molar refractivity (Wildman–Crippen MR) is 98.1 cm³/mol. The third kappa shape index (κ3) is 1.98. The van der Waals surface area contributed by atoms with E-state index in [0.717, 1.165) is 34.1 Å². The molecule has 0 spiro atoms. The molecule has 0 radical (unpaired) electrons.